The summed E-state index contributed by atoms with van der Waals surface area (Å²) in [7, 11) is 0. The van der Waals surface area contributed by atoms with E-state index in [4.69, 9.17) is 4.74 Å². The summed E-state index contributed by atoms with van der Waals surface area (Å²) in [4.78, 5) is 11.9. The highest BCUT2D eigenvalue weighted by molar-refractivity contribution is 5.79. The zero-order valence-electron chi connectivity index (χ0n) is 12.7. The summed E-state index contributed by atoms with van der Waals surface area (Å²) in [6.07, 6.45) is -0.162. The SMILES string of the molecule is CC(C)C(=O)OC(C)C1c2ccccc2-c2ccccc21. The van der Waals surface area contributed by atoms with Crippen molar-refractivity contribution >= 4 is 5.97 Å². The normalized spacial score (nSPS) is 14.7. The summed E-state index contributed by atoms with van der Waals surface area (Å²) in [6, 6.07) is 16.8. The predicted octanol–water partition coefficient (Wildman–Crippen LogP) is 4.39. The number of rotatable bonds is 3. The van der Waals surface area contributed by atoms with Crippen LogP contribution in [0.2, 0.25) is 0 Å². The molecule has 3 rings (SSSR count). The number of esters is 1. The average Bonchev–Trinajstić information content (AvgIpc) is 2.81. The Balaban J connectivity index is 2.00. The van der Waals surface area contributed by atoms with Gasteiger partial charge in [-0.1, -0.05) is 62.4 Å². The second-order valence-corrected chi connectivity index (χ2v) is 5.95. The fraction of sp³-hybridized carbons (Fsp3) is 0.316. The fourth-order valence-electron chi connectivity index (χ4n) is 3.09. The van der Waals surface area contributed by atoms with Gasteiger partial charge < -0.3 is 4.74 Å². The Kier molecular flexibility index (Phi) is 3.54. The van der Waals surface area contributed by atoms with E-state index in [1.54, 1.807) is 0 Å². The molecule has 2 nitrogen and oxygen atoms in total. The Bertz CT molecular complexity index is 627. The van der Waals surface area contributed by atoms with Gasteiger partial charge in [0.1, 0.15) is 6.10 Å². The minimum absolute atomic E-state index is 0.0978. The molecule has 0 radical (unpaired) electrons. The van der Waals surface area contributed by atoms with E-state index in [0.29, 0.717) is 0 Å². The standard InChI is InChI=1S/C19H20O2/c1-12(2)19(20)21-13(3)18-16-10-6-4-8-14(16)15-9-5-7-11-17(15)18/h4-13,18H,1-3H3. The van der Waals surface area contributed by atoms with Gasteiger partial charge in [-0.2, -0.15) is 0 Å². The Labute approximate surface area is 125 Å². The van der Waals surface area contributed by atoms with Crippen molar-refractivity contribution in [1.82, 2.24) is 0 Å². The lowest BCUT2D eigenvalue weighted by atomic mass is 9.92. The maximum Gasteiger partial charge on any atom is 0.308 e. The second-order valence-electron chi connectivity index (χ2n) is 5.95. The molecule has 0 amide bonds. The molecule has 0 saturated heterocycles. The Morgan fingerprint density at radius 3 is 1.86 bits per heavy atom. The molecule has 0 bridgehead atoms. The zero-order valence-corrected chi connectivity index (χ0v) is 12.7. The van der Waals surface area contributed by atoms with Gasteiger partial charge in [-0.25, -0.2) is 0 Å². The van der Waals surface area contributed by atoms with Crippen molar-refractivity contribution < 1.29 is 9.53 Å². The number of carbonyl (C=O) groups is 1. The number of carbonyl (C=O) groups excluding carboxylic acids is 1. The molecule has 2 heteroatoms. The molecule has 0 heterocycles. The van der Waals surface area contributed by atoms with E-state index in [1.807, 2.05) is 20.8 Å². The number of ether oxygens (including phenoxy) is 1. The van der Waals surface area contributed by atoms with E-state index in [-0.39, 0.29) is 23.9 Å². The van der Waals surface area contributed by atoms with Crippen LogP contribution >= 0.6 is 0 Å². The van der Waals surface area contributed by atoms with Crippen molar-refractivity contribution in [2.75, 3.05) is 0 Å². The minimum atomic E-state index is -0.162. The van der Waals surface area contributed by atoms with Crippen molar-refractivity contribution in [3.63, 3.8) is 0 Å². The van der Waals surface area contributed by atoms with Crippen LogP contribution in [0, 0.1) is 5.92 Å². The Morgan fingerprint density at radius 1 is 0.905 bits per heavy atom. The smallest absolute Gasteiger partial charge is 0.308 e. The first-order chi connectivity index (χ1) is 10.1. The average molecular weight is 280 g/mol. The molecule has 2 aromatic rings. The number of hydrogen-bond acceptors (Lipinski definition) is 2. The van der Waals surface area contributed by atoms with Crippen molar-refractivity contribution in [2.45, 2.75) is 32.8 Å². The summed E-state index contributed by atoms with van der Waals surface area (Å²) in [5, 5.41) is 0. The van der Waals surface area contributed by atoms with Crippen LogP contribution in [-0.2, 0) is 9.53 Å². The number of hydrogen-bond donors (Lipinski definition) is 0. The van der Waals surface area contributed by atoms with E-state index >= 15 is 0 Å². The minimum Gasteiger partial charge on any atom is -0.461 e. The maximum atomic E-state index is 11.9. The summed E-state index contributed by atoms with van der Waals surface area (Å²) < 4.78 is 5.67. The van der Waals surface area contributed by atoms with Crippen molar-refractivity contribution in [2.24, 2.45) is 5.92 Å². The molecular formula is C19H20O2. The van der Waals surface area contributed by atoms with Gasteiger partial charge in [-0.05, 0) is 29.2 Å². The molecular weight excluding hydrogens is 260 g/mol. The van der Waals surface area contributed by atoms with Crippen molar-refractivity contribution in [1.29, 1.82) is 0 Å². The highest BCUT2D eigenvalue weighted by Crippen LogP contribution is 2.46. The largest absolute Gasteiger partial charge is 0.461 e. The quantitative estimate of drug-likeness (QED) is 0.780. The molecule has 1 aliphatic rings. The third kappa shape index (κ3) is 2.35. The first-order valence-corrected chi connectivity index (χ1v) is 7.48. The molecule has 0 aromatic heterocycles. The van der Waals surface area contributed by atoms with Crippen LogP contribution in [0.3, 0.4) is 0 Å². The maximum absolute atomic E-state index is 11.9. The van der Waals surface area contributed by atoms with Crippen molar-refractivity contribution in [3.05, 3.63) is 59.7 Å². The van der Waals surface area contributed by atoms with Gasteiger partial charge in [-0.15, -0.1) is 0 Å². The highest BCUT2D eigenvalue weighted by Gasteiger charge is 2.34. The van der Waals surface area contributed by atoms with Gasteiger partial charge in [0.15, 0.2) is 0 Å². The van der Waals surface area contributed by atoms with E-state index in [2.05, 4.69) is 48.5 Å². The zero-order chi connectivity index (χ0) is 15.0. The molecule has 2 aromatic carbocycles. The molecule has 108 valence electrons. The van der Waals surface area contributed by atoms with Gasteiger partial charge >= 0.3 is 5.97 Å². The Morgan fingerprint density at radius 2 is 1.38 bits per heavy atom. The number of fused-ring (bicyclic) bond motifs is 3. The van der Waals surface area contributed by atoms with Crippen LogP contribution in [0.4, 0.5) is 0 Å². The molecule has 0 fully saturated rings. The molecule has 1 atom stereocenters. The van der Waals surface area contributed by atoms with Crippen LogP contribution in [0.15, 0.2) is 48.5 Å². The lowest BCUT2D eigenvalue weighted by Crippen LogP contribution is -2.24. The number of benzene rings is 2. The predicted molar refractivity (Wildman–Crippen MR) is 84.1 cm³/mol. The van der Waals surface area contributed by atoms with Crippen molar-refractivity contribution in [3.8, 4) is 11.1 Å². The summed E-state index contributed by atoms with van der Waals surface area (Å²) in [5.74, 6) is -0.108. The van der Waals surface area contributed by atoms with Crippen LogP contribution in [0.25, 0.3) is 11.1 Å². The van der Waals surface area contributed by atoms with E-state index in [9.17, 15) is 4.79 Å². The van der Waals surface area contributed by atoms with Gasteiger partial charge in [0.25, 0.3) is 0 Å². The van der Waals surface area contributed by atoms with E-state index < -0.39 is 0 Å². The van der Waals surface area contributed by atoms with Gasteiger partial charge in [0.05, 0.1) is 5.92 Å². The molecule has 0 aliphatic heterocycles. The van der Waals surface area contributed by atoms with Crippen LogP contribution in [-0.4, -0.2) is 12.1 Å². The summed E-state index contributed by atoms with van der Waals surface area (Å²) >= 11 is 0. The van der Waals surface area contributed by atoms with E-state index in [0.717, 1.165) is 0 Å². The lowest BCUT2D eigenvalue weighted by Gasteiger charge is -2.23. The molecule has 1 aliphatic carbocycles. The highest BCUT2D eigenvalue weighted by atomic mass is 16.5. The van der Waals surface area contributed by atoms with Crippen LogP contribution < -0.4 is 0 Å². The third-order valence-corrected chi connectivity index (χ3v) is 4.12. The summed E-state index contributed by atoms with van der Waals surface area (Å²) in [5.41, 5.74) is 5.02. The first-order valence-electron chi connectivity index (χ1n) is 7.48. The molecule has 1 unspecified atom stereocenters. The van der Waals surface area contributed by atoms with E-state index in [1.165, 1.54) is 22.3 Å². The van der Waals surface area contributed by atoms with Crippen LogP contribution in [0.5, 0.6) is 0 Å². The van der Waals surface area contributed by atoms with Gasteiger partial charge in [0, 0.05) is 5.92 Å². The fourth-order valence-corrected chi connectivity index (χ4v) is 3.09. The third-order valence-electron chi connectivity index (χ3n) is 4.12. The van der Waals surface area contributed by atoms with Gasteiger partial charge in [0.2, 0.25) is 0 Å². The topological polar surface area (TPSA) is 26.3 Å². The Hall–Kier alpha value is -2.09. The molecule has 0 saturated carbocycles. The lowest BCUT2D eigenvalue weighted by molar-refractivity contribution is -0.152. The van der Waals surface area contributed by atoms with Crippen LogP contribution in [0.1, 0.15) is 37.8 Å². The first kappa shape index (κ1) is 13.9. The second kappa shape index (κ2) is 5.36. The monoisotopic (exact) mass is 280 g/mol. The summed E-state index contributed by atoms with van der Waals surface area (Å²) in [6.45, 7) is 5.72. The molecule has 0 N–H and O–H groups in total. The molecule has 0 spiro atoms. The molecule has 21 heavy (non-hydrogen) atoms. The van der Waals surface area contributed by atoms with Gasteiger partial charge in [-0.3, -0.25) is 4.79 Å².